The summed E-state index contributed by atoms with van der Waals surface area (Å²) in [7, 11) is 0. The number of aliphatic imine (C=N–C) groups is 1. The molecule has 0 radical (unpaired) electrons. The predicted octanol–water partition coefficient (Wildman–Crippen LogP) is 2.63. The molecule has 1 aromatic heterocycles. The van der Waals surface area contributed by atoms with Crippen LogP contribution in [0.3, 0.4) is 0 Å². The van der Waals surface area contributed by atoms with E-state index in [0.29, 0.717) is 15.9 Å². The third kappa shape index (κ3) is 3.07. The van der Waals surface area contributed by atoms with Gasteiger partial charge in [-0.25, -0.2) is 4.98 Å². The number of H-pyrrole nitrogens is 1. The number of halogens is 1. The van der Waals surface area contributed by atoms with Gasteiger partial charge in [0.15, 0.2) is 0 Å². The van der Waals surface area contributed by atoms with Gasteiger partial charge in [0, 0.05) is 10.7 Å². The summed E-state index contributed by atoms with van der Waals surface area (Å²) in [6.07, 6.45) is 0. The van der Waals surface area contributed by atoms with Gasteiger partial charge in [0.1, 0.15) is 0 Å². The Labute approximate surface area is 130 Å². The number of hydrogen-bond donors (Lipinski definition) is 3. The van der Waals surface area contributed by atoms with Crippen LogP contribution in [0.25, 0.3) is 10.9 Å². The molecule has 110 valence electrons. The van der Waals surface area contributed by atoms with Crippen molar-refractivity contribution in [3.63, 3.8) is 0 Å². The SMILES string of the molecule is NC(=Nc1nc2ccccc2c(=O)[nH]1)Nc1ccc(Cl)cc1. The Hall–Kier alpha value is -2.86. The zero-order chi connectivity index (χ0) is 15.5. The molecule has 1 heterocycles. The zero-order valence-corrected chi connectivity index (χ0v) is 12.1. The second kappa shape index (κ2) is 5.87. The van der Waals surface area contributed by atoms with Crippen LogP contribution in [0.2, 0.25) is 5.02 Å². The number of aromatic amines is 1. The molecule has 7 heteroatoms. The summed E-state index contributed by atoms with van der Waals surface area (Å²) < 4.78 is 0. The molecule has 0 aliphatic carbocycles. The molecule has 3 rings (SSSR count). The van der Waals surface area contributed by atoms with Crippen molar-refractivity contribution in [3.8, 4) is 0 Å². The maximum absolute atomic E-state index is 11.9. The van der Waals surface area contributed by atoms with E-state index in [-0.39, 0.29) is 17.5 Å². The van der Waals surface area contributed by atoms with Crippen molar-refractivity contribution in [3.05, 3.63) is 63.9 Å². The van der Waals surface area contributed by atoms with E-state index in [1.54, 1.807) is 48.5 Å². The van der Waals surface area contributed by atoms with Gasteiger partial charge in [-0.2, -0.15) is 4.99 Å². The average molecular weight is 314 g/mol. The van der Waals surface area contributed by atoms with Crippen molar-refractivity contribution < 1.29 is 0 Å². The molecule has 6 nitrogen and oxygen atoms in total. The minimum absolute atomic E-state index is 0.112. The van der Waals surface area contributed by atoms with Gasteiger partial charge < -0.3 is 11.1 Å². The van der Waals surface area contributed by atoms with Gasteiger partial charge in [0.25, 0.3) is 5.56 Å². The van der Waals surface area contributed by atoms with Crippen LogP contribution >= 0.6 is 11.6 Å². The van der Waals surface area contributed by atoms with Crippen molar-refractivity contribution in [2.75, 3.05) is 5.32 Å². The van der Waals surface area contributed by atoms with Crippen molar-refractivity contribution in [2.24, 2.45) is 10.7 Å². The van der Waals surface area contributed by atoms with Gasteiger partial charge in [-0.1, -0.05) is 23.7 Å². The summed E-state index contributed by atoms with van der Waals surface area (Å²) in [5.41, 5.74) is 6.84. The monoisotopic (exact) mass is 313 g/mol. The first-order chi connectivity index (χ1) is 10.6. The molecule has 0 unspecified atom stereocenters. The molecule has 0 aliphatic rings. The Balaban J connectivity index is 1.90. The van der Waals surface area contributed by atoms with Crippen LogP contribution in [0.4, 0.5) is 11.6 Å². The van der Waals surface area contributed by atoms with Crippen LogP contribution in [-0.2, 0) is 0 Å². The maximum atomic E-state index is 11.9. The zero-order valence-electron chi connectivity index (χ0n) is 11.4. The first-order valence-corrected chi connectivity index (χ1v) is 6.85. The van der Waals surface area contributed by atoms with E-state index in [0.717, 1.165) is 5.69 Å². The molecule has 2 aromatic carbocycles. The highest BCUT2D eigenvalue weighted by Gasteiger charge is 2.03. The number of fused-ring (bicyclic) bond motifs is 1. The highest BCUT2D eigenvalue weighted by molar-refractivity contribution is 6.30. The van der Waals surface area contributed by atoms with Crippen LogP contribution in [-0.4, -0.2) is 15.9 Å². The molecule has 0 bridgehead atoms. The van der Waals surface area contributed by atoms with Gasteiger partial charge >= 0.3 is 0 Å². The van der Waals surface area contributed by atoms with E-state index in [1.807, 2.05) is 0 Å². The first-order valence-electron chi connectivity index (χ1n) is 6.47. The maximum Gasteiger partial charge on any atom is 0.260 e. The Morgan fingerprint density at radius 3 is 2.68 bits per heavy atom. The van der Waals surface area contributed by atoms with Gasteiger partial charge in [-0.3, -0.25) is 9.78 Å². The topological polar surface area (TPSA) is 96.2 Å². The van der Waals surface area contributed by atoms with Gasteiger partial charge in [0.2, 0.25) is 11.9 Å². The summed E-state index contributed by atoms with van der Waals surface area (Å²) in [6, 6.07) is 14.0. The van der Waals surface area contributed by atoms with Crippen LogP contribution in [0.5, 0.6) is 0 Å². The lowest BCUT2D eigenvalue weighted by molar-refractivity contribution is 1.13. The molecule has 0 saturated carbocycles. The van der Waals surface area contributed by atoms with Crippen LogP contribution < -0.4 is 16.6 Å². The second-order valence-corrected chi connectivity index (χ2v) is 4.97. The first kappa shape index (κ1) is 14.1. The minimum atomic E-state index is -0.261. The number of aromatic nitrogens is 2. The van der Waals surface area contributed by atoms with Crippen molar-refractivity contribution in [1.29, 1.82) is 0 Å². The Morgan fingerprint density at radius 2 is 1.91 bits per heavy atom. The van der Waals surface area contributed by atoms with Crippen molar-refractivity contribution >= 4 is 40.1 Å². The summed E-state index contributed by atoms with van der Waals surface area (Å²) in [5, 5.41) is 4.02. The number of nitrogens with two attached hydrogens (primary N) is 1. The van der Waals surface area contributed by atoms with E-state index in [2.05, 4.69) is 20.3 Å². The largest absolute Gasteiger partial charge is 0.369 e. The Bertz CT molecular complexity index is 902. The van der Waals surface area contributed by atoms with Gasteiger partial charge in [-0.15, -0.1) is 0 Å². The minimum Gasteiger partial charge on any atom is -0.369 e. The molecule has 0 amide bonds. The van der Waals surface area contributed by atoms with E-state index >= 15 is 0 Å². The third-order valence-electron chi connectivity index (χ3n) is 2.94. The van der Waals surface area contributed by atoms with Crippen LogP contribution in [0.15, 0.2) is 58.3 Å². The number of nitrogens with one attached hydrogen (secondary N) is 2. The molecular weight excluding hydrogens is 302 g/mol. The van der Waals surface area contributed by atoms with E-state index < -0.39 is 0 Å². The average Bonchev–Trinajstić information content (AvgIpc) is 2.49. The number of guanidine groups is 1. The van der Waals surface area contributed by atoms with Gasteiger partial charge in [0.05, 0.1) is 10.9 Å². The Kier molecular flexibility index (Phi) is 3.76. The lowest BCUT2D eigenvalue weighted by Crippen LogP contribution is -2.22. The summed E-state index contributed by atoms with van der Waals surface area (Å²) in [6.45, 7) is 0. The molecule has 0 fully saturated rings. The van der Waals surface area contributed by atoms with E-state index in [1.165, 1.54) is 0 Å². The lowest BCUT2D eigenvalue weighted by atomic mass is 10.2. The van der Waals surface area contributed by atoms with Crippen molar-refractivity contribution in [2.45, 2.75) is 0 Å². The smallest absolute Gasteiger partial charge is 0.260 e. The summed E-state index contributed by atoms with van der Waals surface area (Å²) in [5.74, 6) is 0.253. The lowest BCUT2D eigenvalue weighted by Gasteiger charge is -2.05. The molecule has 0 aliphatic heterocycles. The normalized spacial score (nSPS) is 11.6. The number of benzene rings is 2. The fourth-order valence-electron chi connectivity index (χ4n) is 1.95. The molecule has 3 aromatic rings. The van der Waals surface area contributed by atoms with E-state index in [4.69, 9.17) is 17.3 Å². The molecule has 0 atom stereocenters. The van der Waals surface area contributed by atoms with Crippen LogP contribution in [0.1, 0.15) is 0 Å². The predicted molar refractivity (Wildman–Crippen MR) is 88.7 cm³/mol. The quantitative estimate of drug-likeness (QED) is 0.500. The number of anilines is 1. The summed E-state index contributed by atoms with van der Waals surface area (Å²) >= 11 is 5.81. The number of para-hydroxylation sites is 1. The molecule has 4 N–H and O–H groups in total. The van der Waals surface area contributed by atoms with Gasteiger partial charge in [-0.05, 0) is 36.4 Å². The molecule has 0 saturated heterocycles. The van der Waals surface area contributed by atoms with Crippen LogP contribution in [0, 0.1) is 0 Å². The fourth-order valence-corrected chi connectivity index (χ4v) is 2.08. The fraction of sp³-hybridized carbons (Fsp3) is 0. The Morgan fingerprint density at radius 1 is 1.18 bits per heavy atom. The molecule has 0 spiro atoms. The number of hydrogen-bond acceptors (Lipinski definition) is 3. The highest BCUT2D eigenvalue weighted by Crippen LogP contribution is 2.14. The second-order valence-electron chi connectivity index (χ2n) is 4.54. The highest BCUT2D eigenvalue weighted by atomic mass is 35.5. The third-order valence-corrected chi connectivity index (χ3v) is 3.20. The molecule has 22 heavy (non-hydrogen) atoms. The summed E-state index contributed by atoms with van der Waals surface area (Å²) in [4.78, 5) is 22.8. The van der Waals surface area contributed by atoms with E-state index in [9.17, 15) is 4.79 Å². The number of nitrogens with zero attached hydrogens (tertiary/aromatic N) is 2. The number of rotatable bonds is 2. The van der Waals surface area contributed by atoms with Crippen molar-refractivity contribution in [1.82, 2.24) is 9.97 Å². The standard InChI is InChI=1S/C15H12ClN5O/c16-9-5-7-10(8-6-9)18-14(17)21-15-19-12-4-2-1-3-11(12)13(22)20-15/h1-8H,(H4,17,18,19,20,21,22). The molecular formula is C15H12ClN5O.